The van der Waals surface area contributed by atoms with Gasteiger partial charge in [0.05, 0.1) is 22.1 Å². The van der Waals surface area contributed by atoms with E-state index < -0.39 is 0 Å². The molecule has 0 aliphatic carbocycles. The van der Waals surface area contributed by atoms with Crippen molar-refractivity contribution >= 4 is 76.3 Å². The van der Waals surface area contributed by atoms with Crippen molar-refractivity contribution in [2.24, 2.45) is 0 Å². The molecule has 0 saturated heterocycles. The van der Waals surface area contributed by atoms with Gasteiger partial charge in [-0.15, -0.1) is 29.7 Å². The number of hydrogen-bond donors (Lipinski definition) is 0. The summed E-state index contributed by atoms with van der Waals surface area (Å²) in [5, 5.41) is 8.00. The Morgan fingerprint density at radius 1 is 0.552 bits per heavy atom. The third-order valence-electron chi connectivity index (χ3n) is 13.1. The zero-order valence-corrected chi connectivity index (χ0v) is 39.2. The summed E-state index contributed by atoms with van der Waals surface area (Å²) in [6.45, 7) is 6.68. The maximum Gasteiger partial charge on any atom is 0.267 e. The fourth-order valence-electron chi connectivity index (χ4n) is 10.0. The molecule has 0 amide bonds. The standard InChI is InChI=1S/C60H41N5O.Pt/c1-60(2,3)40-32-33-61-57(34-40)64-52-27-10-7-20-45(52)47-31-30-43(36-55(47)64)66-42-19-13-18-41(35-42)62-37-56-51-22-9-12-29-54(51)65-53-28-11-8-21-46(53)48-24-15-26-50(59(48)65)49-25-14-23-44(58(49)63(56)38-62)39-16-5-4-6-17-39;/h4-34,37H,1-3H3;/q-2;. The number of fused-ring (bicyclic) bond motifs is 13. The molecule has 7 heteroatoms. The number of para-hydroxylation sites is 5. The summed E-state index contributed by atoms with van der Waals surface area (Å²) in [4.78, 5) is 4.87. The second-order valence-corrected chi connectivity index (χ2v) is 18.1. The number of aromatic nitrogens is 5. The van der Waals surface area contributed by atoms with Crippen LogP contribution in [0.3, 0.4) is 0 Å². The molecule has 8 aromatic carbocycles. The number of benzene rings is 8. The average Bonchev–Trinajstić information content (AvgIpc) is 4.05. The van der Waals surface area contributed by atoms with Crippen LogP contribution in [-0.4, -0.2) is 18.5 Å². The Hall–Kier alpha value is -7.79. The Balaban J connectivity index is 0.00000468. The van der Waals surface area contributed by atoms with Gasteiger partial charge in [0.25, 0.3) is 6.33 Å². The van der Waals surface area contributed by atoms with Gasteiger partial charge in [0.15, 0.2) is 0 Å². The van der Waals surface area contributed by atoms with Crippen LogP contribution >= 0.6 is 0 Å². The molecule has 324 valence electrons. The second-order valence-electron chi connectivity index (χ2n) is 18.1. The molecule has 0 aliphatic heterocycles. The van der Waals surface area contributed by atoms with Crippen LogP contribution in [-0.2, 0) is 26.5 Å². The molecular weight excluding hydrogens is 1000 g/mol. The van der Waals surface area contributed by atoms with Crippen LogP contribution in [0.1, 0.15) is 26.3 Å². The van der Waals surface area contributed by atoms with Gasteiger partial charge in [-0.3, -0.25) is 4.40 Å². The second kappa shape index (κ2) is 15.7. The van der Waals surface area contributed by atoms with Crippen molar-refractivity contribution < 1.29 is 30.2 Å². The van der Waals surface area contributed by atoms with Crippen molar-refractivity contribution in [3.63, 3.8) is 0 Å². The smallest absolute Gasteiger partial charge is 0.267 e. The van der Waals surface area contributed by atoms with E-state index in [0.717, 1.165) is 82.7 Å². The van der Waals surface area contributed by atoms with Gasteiger partial charge < -0.3 is 18.3 Å². The molecule has 13 rings (SSSR count). The maximum absolute atomic E-state index is 6.68. The van der Waals surface area contributed by atoms with E-state index in [4.69, 9.17) is 9.72 Å². The average molecular weight is 1040 g/mol. The summed E-state index contributed by atoms with van der Waals surface area (Å²) < 4.78 is 15.6. The summed E-state index contributed by atoms with van der Waals surface area (Å²) in [5.74, 6) is 2.00. The SMILES string of the molecule is CC(C)(C)c1ccnc(-n2c3[c-]c(Oc4[c-]c(-n5[c-][n+]6c(c5)c5ccccc5n5c7ccccc7c7cccc(c8cccc(-c9ccccc9)c86)c75)ccc4)ccc3c3ccccc32)c1.[Pt]. The van der Waals surface area contributed by atoms with Gasteiger partial charge in [-0.05, 0) is 68.9 Å². The van der Waals surface area contributed by atoms with Crippen LogP contribution in [0.5, 0.6) is 11.5 Å². The minimum Gasteiger partial charge on any atom is -0.510 e. The van der Waals surface area contributed by atoms with E-state index in [-0.39, 0.29) is 26.5 Å². The van der Waals surface area contributed by atoms with Gasteiger partial charge in [-0.1, -0.05) is 148 Å². The first-order valence-electron chi connectivity index (χ1n) is 22.4. The summed E-state index contributed by atoms with van der Waals surface area (Å²) in [7, 11) is 0. The number of rotatable bonds is 5. The molecule has 0 aliphatic rings. The van der Waals surface area contributed by atoms with E-state index in [0.29, 0.717) is 11.5 Å². The zero-order chi connectivity index (χ0) is 44.1. The van der Waals surface area contributed by atoms with Crippen LogP contribution in [0.2, 0.25) is 0 Å². The molecule has 0 N–H and O–H groups in total. The van der Waals surface area contributed by atoms with E-state index in [1.165, 1.54) is 21.9 Å². The summed E-state index contributed by atoms with van der Waals surface area (Å²) in [6.07, 6.45) is 7.91. The third-order valence-corrected chi connectivity index (χ3v) is 13.1. The monoisotopic (exact) mass is 1040 g/mol. The van der Waals surface area contributed by atoms with Gasteiger partial charge in [0.2, 0.25) is 0 Å². The number of pyridine rings is 1. The molecule has 0 saturated carbocycles. The number of imidazole rings is 1. The van der Waals surface area contributed by atoms with Crippen LogP contribution in [0.4, 0.5) is 0 Å². The van der Waals surface area contributed by atoms with Gasteiger partial charge in [-0.25, -0.2) is 4.98 Å². The Kier molecular flexibility index (Phi) is 9.53. The molecule has 0 atom stereocenters. The molecule has 13 aromatic rings. The van der Waals surface area contributed by atoms with Gasteiger partial charge in [-0.2, -0.15) is 18.2 Å². The van der Waals surface area contributed by atoms with E-state index >= 15 is 0 Å². The summed E-state index contributed by atoms with van der Waals surface area (Å²) in [6, 6.07) is 71.6. The van der Waals surface area contributed by atoms with Crippen molar-refractivity contribution in [2.45, 2.75) is 26.2 Å². The fraction of sp³-hybridized carbons (Fsp3) is 0.0667. The van der Waals surface area contributed by atoms with Crippen molar-refractivity contribution in [3.8, 4) is 34.1 Å². The fourth-order valence-corrected chi connectivity index (χ4v) is 10.0. The number of nitrogens with zero attached hydrogens (tertiary/aromatic N) is 5. The van der Waals surface area contributed by atoms with Crippen LogP contribution < -0.4 is 9.14 Å². The number of hydrogen-bond acceptors (Lipinski definition) is 2. The van der Waals surface area contributed by atoms with Crippen LogP contribution in [0, 0.1) is 18.5 Å². The molecule has 0 bridgehead atoms. The summed E-state index contributed by atoms with van der Waals surface area (Å²) >= 11 is 0. The molecule has 0 fully saturated rings. The largest absolute Gasteiger partial charge is 0.510 e. The Bertz CT molecular complexity index is 4140. The normalized spacial score (nSPS) is 12.0. The van der Waals surface area contributed by atoms with E-state index in [1.807, 2.05) is 29.0 Å². The molecule has 6 nitrogen and oxygen atoms in total. The molecule has 0 spiro atoms. The predicted molar refractivity (Wildman–Crippen MR) is 268 cm³/mol. The van der Waals surface area contributed by atoms with E-state index in [2.05, 4.69) is 223 Å². The van der Waals surface area contributed by atoms with E-state index in [1.54, 1.807) is 0 Å². The molecule has 0 radical (unpaired) electrons. The topological polar surface area (TPSA) is 40.5 Å². The Labute approximate surface area is 401 Å². The minimum atomic E-state index is -0.0332. The van der Waals surface area contributed by atoms with Crippen molar-refractivity contribution in [3.05, 3.63) is 218 Å². The molecule has 0 unspecified atom stereocenters. The molecule has 67 heavy (non-hydrogen) atoms. The first-order valence-corrected chi connectivity index (χ1v) is 22.4. The quantitative estimate of drug-likeness (QED) is 0.127. The molecular formula is C60H41N5OPt-2. The first kappa shape index (κ1) is 40.7. The van der Waals surface area contributed by atoms with E-state index in [9.17, 15) is 0 Å². The van der Waals surface area contributed by atoms with Crippen molar-refractivity contribution in [2.75, 3.05) is 0 Å². The van der Waals surface area contributed by atoms with Gasteiger partial charge in [0.1, 0.15) is 5.82 Å². The minimum absolute atomic E-state index is 0. The Morgan fingerprint density at radius 3 is 1.97 bits per heavy atom. The van der Waals surface area contributed by atoms with Gasteiger partial charge >= 0.3 is 0 Å². The van der Waals surface area contributed by atoms with Crippen molar-refractivity contribution in [1.29, 1.82) is 0 Å². The predicted octanol–water partition coefficient (Wildman–Crippen LogP) is 14.3. The maximum atomic E-state index is 6.68. The zero-order valence-electron chi connectivity index (χ0n) is 36.9. The molecule has 5 heterocycles. The van der Waals surface area contributed by atoms with Gasteiger partial charge in [0, 0.05) is 77.5 Å². The molecule has 5 aromatic heterocycles. The Morgan fingerprint density at radius 2 is 1.18 bits per heavy atom. The van der Waals surface area contributed by atoms with Crippen LogP contribution in [0.15, 0.2) is 194 Å². The third kappa shape index (κ3) is 6.50. The summed E-state index contributed by atoms with van der Waals surface area (Å²) in [5.41, 5.74) is 11.6. The van der Waals surface area contributed by atoms with Crippen LogP contribution in [0.25, 0.3) is 99.0 Å². The number of ether oxygens (including phenoxy) is 1. The van der Waals surface area contributed by atoms with Crippen molar-refractivity contribution in [1.82, 2.24) is 18.5 Å². The first-order chi connectivity index (χ1) is 32.4.